The number of aliphatic hydroxyl groups excluding tert-OH is 1. The van der Waals surface area contributed by atoms with Crippen LogP contribution in [0.15, 0.2) is 11.4 Å². The van der Waals surface area contributed by atoms with Crippen molar-refractivity contribution in [2.45, 2.75) is 117 Å². The number of halogens is 2. The van der Waals surface area contributed by atoms with Crippen LogP contribution < -0.4 is 0 Å². The normalized spacial score (nSPS) is 43.9. The van der Waals surface area contributed by atoms with Crippen LogP contribution in [0.4, 0.5) is 8.78 Å². The van der Waals surface area contributed by atoms with Gasteiger partial charge in [-0.15, -0.1) is 0 Å². The number of hydrogen-bond acceptors (Lipinski definition) is 4. The van der Waals surface area contributed by atoms with Crippen LogP contribution in [0.25, 0.3) is 0 Å². The van der Waals surface area contributed by atoms with Gasteiger partial charge < -0.3 is 9.84 Å². The van der Waals surface area contributed by atoms with Crippen molar-refractivity contribution in [3.8, 4) is 0 Å². The van der Waals surface area contributed by atoms with Crippen LogP contribution in [0.2, 0.25) is 0 Å². The van der Waals surface area contributed by atoms with E-state index in [1.54, 1.807) is 6.92 Å². The highest BCUT2D eigenvalue weighted by Gasteiger charge is 2.67. The first-order chi connectivity index (χ1) is 16.1. The van der Waals surface area contributed by atoms with Crippen molar-refractivity contribution >= 4 is 11.8 Å². The molecule has 0 aliphatic heterocycles. The zero-order valence-corrected chi connectivity index (χ0v) is 21.2. The summed E-state index contributed by atoms with van der Waals surface area (Å²) in [6.07, 6.45) is 4.86. The third-order valence-corrected chi connectivity index (χ3v) is 9.97. The molecule has 0 unspecified atom stereocenters. The third-order valence-electron chi connectivity index (χ3n) is 9.97. The molecule has 0 spiro atoms. The number of carbonyl (C=O) groups is 2. The lowest BCUT2D eigenvalue weighted by Crippen LogP contribution is -2.60. The Hall–Kier alpha value is -1.30. The highest BCUT2D eigenvalue weighted by molar-refractivity contribution is 5.95. The fourth-order valence-electron chi connectivity index (χ4n) is 8.65. The molecule has 1 N–H and O–H groups in total. The molecule has 4 aliphatic rings. The average Bonchev–Trinajstić information content (AvgIpc) is 3.05. The van der Waals surface area contributed by atoms with E-state index in [2.05, 4.69) is 13.8 Å². The number of carbonyl (C=O) groups excluding carboxylic acids is 2. The molecule has 0 radical (unpaired) electrons. The maximum atomic E-state index is 15.7. The van der Waals surface area contributed by atoms with E-state index in [-0.39, 0.29) is 59.6 Å². The van der Waals surface area contributed by atoms with Gasteiger partial charge in [-0.05, 0) is 55.8 Å². The van der Waals surface area contributed by atoms with Gasteiger partial charge in [0.15, 0.2) is 11.6 Å². The van der Waals surface area contributed by atoms with Crippen molar-refractivity contribution < 1.29 is 28.2 Å². The number of allylic oxidation sites excluding steroid dienone is 1. The van der Waals surface area contributed by atoms with Crippen LogP contribution in [0.3, 0.4) is 0 Å². The predicted octanol–water partition coefficient (Wildman–Crippen LogP) is 6.25. The first kappa shape index (κ1) is 25.8. The van der Waals surface area contributed by atoms with Crippen molar-refractivity contribution in [3.63, 3.8) is 0 Å². The minimum Gasteiger partial charge on any atom is -0.461 e. The van der Waals surface area contributed by atoms with E-state index >= 15 is 4.39 Å². The second-order valence-corrected chi connectivity index (χ2v) is 11.9. The van der Waals surface area contributed by atoms with Gasteiger partial charge in [-0.25, -0.2) is 8.78 Å². The number of aliphatic hydroxyl groups is 1. The molecule has 4 nitrogen and oxygen atoms in total. The molecule has 0 aromatic rings. The fraction of sp³-hybridized carbons (Fsp3) is 0.857. The average molecular weight is 481 g/mol. The van der Waals surface area contributed by atoms with Gasteiger partial charge >= 0.3 is 5.97 Å². The zero-order chi connectivity index (χ0) is 24.8. The molecule has 0 heterocycles. The quantitative estimate of drug-likeness (QED) is 0.345. The number of fused-ring (bicyclic) bond motifs is 5. The van der Waals surface area contributed by atoms with Gasteiger partial charge in [0.2, 0.25) is 0 Å². The molecule has 0 saturated heterocycles. The number of ether oxygens (including phenoxy) is 1. The predicted molar refractivity (Wildman–Crippen MR) is 126 cm³/mol. The molecule has 6 heteroatoms. The van der Waals surface area contributed by atoms with Crippen LogP contribution >= 0.6 is 0 Å². The van der Waals surface area contributed by atoms with Gasteiger partial charge in [-0.2, -0.15) is 0 Å². The van der Waals surface area contributed by atoms with Gasteiger partial charge in [0.25, 0.3) is 0 Å². The maximum Gasteiger partial charge on any atom is 0.305 e. The van der Waals surface area contributed by atoms with E-state index in [0.29, 0.717) is 19.3 Å². The Morgan fingerprint density at radius 2 is 1.94 bits per heavy atom. The number of Topliss-reactive ketones (excluding diaryl/α,β-unsaturated/α-hetero) is 1. The SMILES string of the molecule is CCCCCC[C@]12C[C@H](O)[C@H]3[C@@H](C[C@H](F)C4=C(F)C(=O)CC[C@@]43C)[C@@H]1C[C@@H](C)[C@H]2OC(=O)CC. The molecule has 9 atom stereocenters. The van der Waals surface area contributed by atoms with Crippen molar-refractivity contribution in [1.82, 2.24) is 0 Å². The Morgan fingerprint density at radius 1 is 1.21 bits per heavy atom. The summed E-state index contributed by atoms with van der Waals surface area (Å²) in [6, 6.07) is 0. The van der Waals surface area contributed by atoms with Gasteiger partial charge in [-0.3, -0.25) is 9.59 Å². The van der Waals surface area contributed by atoms with Gasteiger partial charge in [-0.1, -0.05) is 53.4 Å². The Bertz CT molecular complexity index is 840. The lowest BCUT2D eigenvalue weighted by atomic mass is 9.45. The van der Waals surface area contributed by atoms with Gasteiger partial charge in [0.05, 0.1) is 6.10 Å². The lowest BCUT2D eigenvalue weighted by molar-refractivity contribution is -0.181. The Balaban J connectivity index is 1.73. The van der Waals surface area contributed by atoms with E-state index in [9.17, 15) is 19.1 Å². The Morgan fingerprint density at radius 3 is 2.62 bits per heavy atom. The molecule has 0 amide bonds. The number of hydrogen-bond donors (Lipinski definition) is 1. The van der Waals surface area contributed by atoms with Gasteiger partial charge in [0, 0.05) is 29.2 Å². The number of ketones is 1. The topological polar surface area (TPSA) is 63.6 Å². The molecule has 192 valence electrons. The van der Waals surface area contributed by atoms with Crippen LogP contribution in [-0.2, 0) is 14.3 Å². The lowest BCUT2D eigenvalue weighted by Gasteiger charge is -2.60. The Kier molecular flexibility index (Phi) is 7.30. The molecular formula is C28H42F2O4. The van der Waals surface area contributed by atoms with Crippen LogP contribution in [0.1, 0.15) is 98.3 Å². The maximum absolute atomic E-state index is 15.7. The molecular weight excluding hydrogens is 438 g/mol. The summed E-state index contributed by atoms with van der Waals surface area (Å²) in [6.45, 7) is 7.94. The van der Waals surface area contributed by atoms with Crippen LogP contribution in [0, 0.1) is 34.5 Å². The van der Waals surface area contributed by atoms with Crippen molar-refractivity contribution in [2.75, 3.05) is 0 Å². The van der Waals surface area contributed by atoms with E-state index in [4.69, 9.17) is 4.74 Å². The molecule has 3 saturated carbocycles. The molecule has 34 heavy (non-hydrogen) atoms. The number of rotatable bonds is 7. The highest BCUT2D eigenvalue weighted by atomic mass is 19.1. The second kappa shape index (κ2) is 9.63. The van der Waals surface area contributed by atoms with Crippen molar-refractivity contribution in [1.29, 1.82) is 0 Å². The summed E-state index contributed by atoms with van der Waals surface area (Å²) in [4.78, 5) is 24.5. The molecule has 3 fully saturated rings. The molecule has 0 aromatic carbocycles. The molecule has 4 rings (SSSR count). The summed E-state index contributed by atoms with van der Waals surface area (Å²) >= 11 is 0. The molecule has 4 aliphatic carbocycles. The third kappa shape index (κ3) is 3.96. The first-order valence-corrected chi connectivity index (χ1v) is 13.6. The minimum absolute atomic E-state index is 0.000461. The molecule has 0 aromatic heterocycles. The summed E-state index contributed by atoms with van der Waals surface area (Å²) in [5, 5.41) is 11.7. The minimum atomic E-state index is -1.51. The number of alkyl halides is 1. The monoisotopic (exact) mass is 480 g/mol. The summed E-state index contributed by atoms with van der Waals surface area (Å²) in [5.74, 6) is -1.89. The summed E-state index contributed by atoms with van der Waals surface area (Å²) in [5.41, 5.74) is -1.23. The van der Waals surface area contributed by atoms with Crippen LogP contribution in [0.5, 0.6) is 0 Å². The second-order valence-electron chi connectivity index (χ2n) is 11.9. The zero-order valence-electron chi connectivity index (χ0n) is 21.2. The summed E-state index contributed by atoms with van der Waals surface area (Å²) < 4.78 is 36.7. The first-order valence-electron chi connectivity index (χ1n) is 13.6. The van der Waals surface area contributed by atoms with E-state index < -0.39 is 29.3 Å². The van der Waals surface area contributed by atoms with E-state index in [1.807, 2.05) is 6.92 Å². The molecule has 0 bridgehead atoms. The van der Waals surface area contributed by atoms with Crippen LogP contribution in [-0.4, -0.2) is 35.2 Å². The van der Waals surface area contributed by atoms with Crippen molar-refractivity contribution in [2.24, 2.45) is 34.5 Å². The highest BCUT2D eigenvalue weighted by Crippen LogP contribution is 2.68. The number of esters is 1. The fourth-order valence-corrected chi connectivity index (χ4v) is 8.65. The summed E-state index contributed by atoms with van der Waals surface area (Å²) in [7, 11) is 0. The largest absolute Gasteiger partial charge is 0.461 e. The smallest absolute Gasteiger partial charge is 0.305 e. The Labute approximate surface area is 202 Å². The number of unbranched alkanes of at least 4 members (excludes halogenated alkanes) is 3. The van der Waals surface area contributed by atoms with Crippen molar-refractivity contribution in [3.05, 3.63) is 11.4 Å². The van der Waals surface area contributed by atoms with E-state index in [0.717, 1.165) is 38.5 Å². The van der Waals surface area contributed by atoms with Gasteiger partial charge in [0.1, 0.15) is 12.3 Å². The standard InChI is InChI=1S/C28H42F2O4/c1-5-7-8-9-11-28-15-21(32)23-17(18(28)13-16(3)26(28)34-22(33)6-2)14-19(29)24-25(30)20(31)10-12-27(23,24)4/h16-19,21,23,26,32H,5-15H2,1-4H3/t16-,17+,18+,19+,21+,23-,26-,27-,28+/m1/s1. The van der Waals surface area contributed by atoms with E-state index in [1.165, 1.54) is 0 Å².